The molecule has 2 atom stereocenters. The zero-order valence-electron chi connectivity index (χ0n) is 14.3. The summed E-state index contributed by atoms with van der Waals surface area (Å²) in [7, 11) is 0. The van der Waals surface area contributed by atoms with Crippen LogP contribution in [-0.4, -0.2) is 58.8 Å². The van der Waals surface area contributed by atoms with E-state index in [1.807, 2.05) is 0 Å². The first-order chi connectivity index (χ1) is 11.3. The largest absolute Gasteiger partial charge is 0.339 e. The second kappa shape index (κ2) is 8.77. The summed E-state index contributed by atoms with van der Waals surface area (Å²) in [5.41, 5.74) is 6.13. The van der Waals surface area contributed by atoms with Crippen LogP contribution in [-0.2, 0) is 4.79 Å². The number of nitrogens with two attached hydrogens (primary N) is 1. The van der Waals surface area contributed by atoms with Gasteiger partial charge in [-0.05, 0) is 19.1 Å². The van der Waals surface area contributed by atoms with E-state index in [1.54, 1.807) is 23.6 Å². The van der Waals surface area contributed by atoms with Crippen molar-refractivity contribution in [3.8, 4) is 0 Å². The Hall–Kier alpha value is -2.19. The molecule has 1 saturated heterocycles. The average Bonchev–Trinajstić information content (AvgIpc) is 2.60. The fourth-order valence-electron chi connectivity index (χ4n) is 2.55. The fraction of sp³-hybridized carbons (Fsp3) is 0.500. The molecule has 1 fully saturated rings. The van der Waals surface area contributed by atoms with Crippen molar-refractivity contribution in [3.05, 3.63) is 39.9 Å². The summed E-state index contributed by atoms with van der Waals surface area (Å²) in [6.07, 6.45) is 0. The number of carbonyl (C=O) groups is 2. The predicted molar refractivity (Wildman–Crippen MR) is 95.6 cm³/mol. The maximum absolute atomic E-state index is 12.4. The summed E-state index contributed by atoms with van der Waals surface area (Å²) in [5, 5.41) is 10.7. The number of benzene rings is 1. The first-order valence-electron chi connectivity index (χ1n) is 7.89. The third-order valence-corrected chi connectivity index (χ3v) is 4.38. The number of carbonyl (C=O) groups excluding carboxylic acids is 2. The van der Waals surface area contributed by atoms with E-state index in [4.69, 9.17) is 5.73 Å². The normalized spacial score (nSPS) is 16.6. The van der Waals surface area contributed by atoms with E-state index in [1.165, 1.54) is 24.3 Å². The van der Waals surface area contributed by atoms with Crippen molar-refractivity contribution in [2.75, 3.05) is 26.2 Å². The number of non-ortho nitro benzene ring substituents is 1. The molecule has 1 aromatic rings. The summed E-state index contributed by atoms with van der Waals surface area (Å²) in [6.45, 7) is 5.42. The van der Waals surface area contributed by atoms with E-state index in [9.17, 15) is 19.7 Å². The third-order valence-electron chi connectivity index (χ3n) is 4.38. The Labute approximate surface area is 152 Å². The van der Waals surface area contributed by atoms with Gasteiger partial charge >= 0.3 is 0 Å². The molecule has 2 N–H and O–H groups in total. The van der Waals surface area contributed by atoms with Crippen LogP contribution in [0.25, 0.3) is 0 Å². The molecule has 2 amide bonds. The van der Waals surface area contributed by atoms with Crippen LogP contribution in [0.2, 0.25) is 0 Å². The van der Waals surface area contributed by atoms with Crippen LogP contribution in [0.1, 0.15) is 24.2 Å². The van der Waals surface area contributed by atoms with E-state index in [0.717, 1.165) is 0 Å². The number of rotatable bonds is 4. The number of hydrogen-bond acceptors (Lipinski definition) is 5. The van der Waals surface area contributed by atoms with Gasteiger partial charge in [0.2, 0.25) is 5.91 Å². The number of hydrogen-bond donors (Lipinski definition) is 1. The minimum Gasteiger partial charge on any atom is -0.339 e. The van der Waals surface area contributed by atoms with Crippen molar-refractivity contribution >= 4 is 29.9 Å². The Kier molecular flexibility index (Phi) is 7.32. The standard InChI is InChI=1S/C16H22N4O4.ClH/c1-11(12(2)17)15(21)18-7-9-19(10-8-18)16(22)13-3-5-14(6-4-13)20(23)24;/h3-6,11-12H,7-10,17H2,1-2H3;1H. The number of nitro benzene ring substituents is 1. The number of halogens is 1. The lowest BCUT2D eigenvalue weighted by atomic mass is 10.0. The summed E-state index contributed by atoms with van der Waals surface area (Å²) < 4.78 is 0. The van der Waals surface area contributed by atoms with Crippen LogP contribution in [0.3, 0.4) is 0 Å². The van der Waals surface area contributed by atoms with Crippen molar-refractivity contribution in [3.63, 3.8) is 0 Å². The summed E-state index contributed by atoms with van der Waals surface area (Å²) >= 11 is 0. The lowest BCUT2D eigenvalue weighted by Crippen LogP contribution is -2.53. The molecule has 25 heavy (non-hydrogen) atoms. The van der Waals surface area contributed by atoms with E-state index < -0.39 is 4.92 Å². The first-order valence-corrected chi connectivity index (χ1v) is 7.89. The van der Waals surface area contributed by atoms with Gasteiger partial charge < -0.3 is 15.5 Å². The molecule has 0 radical (unpaired) electrons. The van der Waals surface area contributed by atoms with Crippen LogP contribution >= 0.6 is 12.4 Å². The highest BCUT2D eigenvalue weighted by Gasteiger charge is 2.28. The topological polar surface area (TPSA) is 110 Å². The highest BCUT2D eigenvalue weighted by Crippen LogP contribution is 2.15. The highest BCUT2D eigenvalue weighted by molar-refractivity contribution is 5.94. The van der Waals surface area contributed by atoms with Gasteiger partial charge in [0.15, 0.2) is 0 Å². The molecule has 1 aromatic carbocycles. The van der Waals surface area contributed by atoms with Crippen molar-refractivity contribution in [2.45, 2.75) is 19.9 Å². The van der Waals surface area contributed by atoms with E-state index in [0.29, 0.717) is 31.7 Å². The molecule has 0 aliphatic carbocycles. The van der Waals surface area contributed by atoms with E-state index in [-0.39, 0.29) is 41.9 Å². The van der Waals surface area contributed by atoms with Crippen LogP contribution in [0, 0.1) is 16.0 Å². The van der Waals surface area contributed by atoms with Gasteiger partial charge in [0, 0.05) is 49.9 Å². The molecule has 0 aromatic heterocycles. The number of amides is 2. The van der Waals surface area contributed by atoms with Crippen LogP contribution < -0.4 is 5.73 Å². The Morgan fingerprint density at radius 1 is 1.08 bits per heavy atom. The van der Waals surface area contributed by atoms with E-state index in [2.05, 4.69) is 0 Å². The summed E-state index contributed by atoms with van der Waals surface area (Å²) in [4.78, 5) is 38.2. The highest BCUT2D eigenvalue weighted by atomic mass is 35.5. The first kappa shape index (κ1) is 20.9. The maximum atomic E-state index is 12.4. The van der Waals surface area contributed by atoms with Gasteiger partial charge in [0.25, 0.3) is 11.6 Å². The molecule has 0 saturated carbocycles. The van der Waals surface area contributed by atoms with Gasteiger partial charge in [-0.3, -0.25) is 19.7 Å². The summed E-state index contributed by atoms with van der Waals surface area (Å²) in [6, 6.07) is 5.33. The Bertz CT molecular complexity index is 628. The molecule has 0 bridgehead atoms. The molecule has 9 heteroatoms. The molecule has 138 valence electrons. The average molecular weight is 371 g/mol. The molecule has 8 nitrogen and oxygen atoms in total. The lowest BCUT2D eigenvalue weighted by Gasteiger charge is -2.36. The molecule has 1 aliphatic heterocycles. The quantitative estimate of drug-likeness (QED) is 0.634. The molecule has 1 aliphatic rings. The summed E-state index contributed by atoms with van der Waals surface area (Å²) in [5.74, 6) is -0.424. The van der Waals surface area contributed by atoms with Gasteiger partial charge in [-0.1, -0.05) is 6.92 Å². The molecule has 0 spiro atoms. The van der Waals surface area contributed by atoms with Gasteiger partial charge in [0.05, 0.1) is 10.8 Å². The van der Waals surface area contributed by atoms with Crippen molar-refractivity contribution in [2.24, 2.45) is 11.7 Å². The van der Waals surface area contributed by atoms with Crippen molar-refractivity contribution in [1.29, 1.82) is 0 Å². The zero-order chi connectivity index (χ0) is 17.9. The molecule has 2 unspecified atom stereocenters. The molecule has 2 rings (SSSR count). The van der Waals surface area contributed by atoms with Gasteiger partial charge in [-0.2, -0.15) is 0 Å². The number of nitro groups is 1. The Morgan fingerprint density at radius 3 is 2.00 bits per heavy atom. The van der Waals surface area contributed by atoms with Gasteiger partial charge in [-0.25, -0.2) is 0 Å². The van der Waals surface area contributed by atoms with Crippen molar-refractivity contribution < 1.29 is 14.5 Å². The second-order valence-electron chi connectivity index (χ2n) is 6.07. The Balaban J connectivity index is 0.00000312. The van der Waals surface area contributed by atoms with Gasteiger partial charge in [-0.15, -0.1) is 12.4 Å². The molecule has 1 heterocycles. The maximum Gasteiger partial charge on any atom is 0.269 e. The third kappa shape index (κ3) is 4.90. The van der Waals surface area contributed by atoms with E-state index >= 15 is 0 Å². The minimum absolute atomic E-state index is 0. The predicted octanol–water partition coefficient (Wildman–Crippen LogP) is 1.28. The Morgan fingerprint density at radius 2 is 1.56 bits per heavy atom. The number of piperazine rings is 1. The smallest absolute Gasteiger partial charge is 0.269 e. The van der Waals surface area contributed by atoms with Gasteiger partial charge in [0.1, 0.15) is 0 Å². The minimum atomic E-state index is -0.502. The van der Waals surface area contributed by atoms with Crippen LogP contribution in [0.15, 0.2) is 24.3 Å². The van der Waals surface area contributed by atoms with Crippen LogP contribution in [0.5, 0.6) is 0 Å². The zero-order valence-corrected chi connectivity index (χ0v) is 15.1. The monoisotopic (exact) mass is 370 g/mol. The number of nitrogens with zero attached hydrogens (tertiary/aromatic N) is 3. The fourth-order valence-corrected chi connectivity index (χ4v) is 2.55. The SMILES string of the molecule is CC(N)C(C)C(=O)N1CCN(C(=O)c2ccc([N+](=O)[O-])cc2)CC1.Cl. The van der Waals surface area contributed by atoms with Crippen molar-refractivity contribution in [1.82, 2.24) is 9.80 Å². The molecular weight excluding hydrogens is 348 g/mol. The molecular formula is C16H23ClN4O4. The lowest BCUT2D eigenvalue weighted by molar-refractivity contribution is -0.384. The second-order valence-corrected chi connectivity index (χ2v) is 6.07. The van der Waals surface area contributed by atoms with Crippen LogP contribution in [0.4, 0.5) is 5.69 Å².